The van der Waals surface area contributed by atoms with E-state index in [4.69, 9.17) is 9.47 Å². The summed E-state index contributed by atoms with van der Waals surface area (Å²) in [4.78, 5) is 38.1. The minimum atomic E-state index is -0.883. The standard InChI is InChI=1S/C27H32N2O6/c1-3-34-18(12-25(30)29-14-17(2)23(15-29)26(31)32)13-28-27(33)35-16-24-21-10-6-4-8-19(21)20-9-5-7-11-22(20)24/h4-11,17-18,23-24H,3,12-16H2,1-2H3,(H,28,33)(H,31,32). The molecule has 3 unspecified atom stereocenters. The first kappa shape index (κ1) is 24.7. The molecule has 0 radical (unpaired) electrons. The molecule has 0 spiro atoms. The molecule has 4 rings (SSSR count). The van der Waals surface area contributed by atoms with Gasteiger partial charge in [-0.2, -0.15) is 0 Å². The average Bonchev–Trinajstić information content (AvgIpc) is 3.40. The van der Waals surface area contributed by atoms with E-state index in [0.29, 0.717) is 13.2 Å². The highest BCUT2D eigenvalue weighted by Gasteiger charge is 2.37. The number of amides is 2. The van der Waals surface area contributed by atoms with Crippen LogP contribution in [0.3, 0.4) is 0 Å². The summed E-state index contributed by atoms with van der Waals surface area (Å²) in [5, 5.41) is 12.0. The van der Waals surface area contributed by atoms with E-state index in [1.54, 1.807) is 4.90 Å². The van der Waals surface area contributed by atoms with E-state index in [1.807, 2.05) is 38.1 Å². The van der Waals surface area contributed by atoms with Crippen LogP contribution in [0.5, 0.6) is 0 Å². The first-order valence-corrected chi connectivity index (χ1v) is 12.1. The highest BCUT2D eigenvalue weighted by atomic mass is 16.5. The van der Waals surface area contributed by atoms with E-state index in [9.17, 15) is 19.5 Å². The van der Waals surface area contributed by atoms with E-state index < -0.39 is 24.1 Å². The Kier molecular flexibility index (Phi) is 7.70. The van der Waals surface area contributed by atoms with Gasteiger partial charge in [0.15, 0.2) is 0 Å². The molecule has 1 aliphatic heterocycles. The first-order valence-electron chi connectivity index (χ1n) is 12.1. The third-order valence-electron chi connectivity index (χ3n) is 6.90. The molecule has 3 atom stereocenters. The van der Waals surface area contributed by atoms with Crippen molar-refractivity contribution >= 4 is 18.0 Å². The fraction of sp³-hybridized carbons (Fsp3) is 0.444. The van der Waals surface area contributed by atoms with E-state index >= 15 is 0 Å². The molecule has 1 fully saturated rings. The minimum Gasteiger partial charge on any atom is -0.481 e. The van der Waals surface area contributed by atoms with E-state index in [1.165, 1.54) is 0 Å². The third-order valence-corrected chi connectivity index (χ3v) is 6.90. The molecule has 2 N–H and O–H groups in total. The van der Waals surface area contributed by atoms with Crippen molar-refractivity contribution in [1.29, 1.82) is 0 Å². The fourth-order valence-electron chi connectivity index (χ4n) is 5.09. The lowest BCUT2D eigenvalue weighted by molar-refractivity contribution is -0.142. The lowest BCUT2D eigenvalue weighted by Gasteiger charge is -2.22. The van der Waals surface area contributed by atoms with Crippen molar-refractivity contribution in [3.05, 3.63) is 59.7 Å². The molecular weight excluding hydrogens is 448 g/mol. The molecule has 8 heteroatoms. The number of carbonyl (C=O) groups is 3. The molecule has 0 aromatic heterocycles. The van der Waals surface area contributed by atoms with Crippen LogP contribution in [0.15, 0.2) is 48.5 Å². The molecule has 1 heterocycles. The molecule has 2 amide bonds. The predicted octanol–water partition coefficient (Wildman–Crippen LogP) is 3.50. The molecule has 1 saturated heterocycles. The van der Waals surface area contributed by atoms with Crippen LogP contribution < -0.4 is 5.32 Å². The Labute approximate surface area is 205 Å². The lowest BCUT2D eigenvalue weighted by atomic mass is 9.98. The summed E-state index contributed by atoms with van der Waals surface area (Å²) in [6, 6.07) is 16.3. The molecular formula is C27H32N2O6. The van der Waals surface area contributed by atoms with Crippen molar-refractivity contribution in [1.82, 2.24) is 10.2 Å². The van der Waals surface area contributed by atoms with Crippen LogP contribution in [0.2, 0.25) is 0 Å². The SMILES string of the molecule is CCOC(CNC(=O)OCC1c2ccccc2-c2ccccc21)CC(=O)N1CC(C)C(C(=O)O)C1. The number of alkyl carbamates (subject to hydrolysis) is 1. The quantitative estimate of drug-likeness (QED) is 0.569. The number of nitrogens with zero attached hydrogens (tertiary/aromatic N) is 1. The second-order valence-electron chi connectivity index (χ2n) is 9.21. The van der Waals surface area contributed by atoms with Gasteiger partial charge >= 0.3 is 12.1 Å². The summed E-state index contributed by atoms with van der Waals surface area (Å²) in [6.07, 6.45) is -1.02. The molecule has 2 aromatic rings. The van der Waals surface area contributed by atoms with Gasteiger partial charge in [0.25, 0.3) is 0 Å². The van der Waals surface area contributed by atoms with Crippen molar-refractivity contribution in [3.63, 3.8) is 0 Å². The Hall–Kier alpha value is -3.39. The zero-order valence-corrected chi connectivity index (χ0v) is 20.1. The Morgan fingerprint density at radius 3 is 2.26 bits per heavy atom. The molecule has 0 saturated carbocycles. The zero-order valence-electron chi connectivity index (χ0n) is 20.1. The van der Waals surface area contributed by atoms with Gasteiger partial charge in [-0.15, -0.1) is 0 Å². The smallest absolute Gasteiger partial charge is 0.407 e. The Morgan fingerprint density at radius 1 is 1.06 bits per heavy atom. The Morgan fingerprint density at radius 2 is 1.69 bits per heavy atom. The van der Waals surface area contributed by atoms with Gasteiger partial charge in [0.05, 0.1) is 18.4 Å². The van der Waals surface area contributed by atoms with E-state index in [0.717, 1.165) is 22.3 Å². The molecule has 1 aliphatic carbocycles. The van der Waals surface area contributed by atoms with Gasteiger partial charge in [-0.05, 0) is 35.1 Å². The average molecular weight is 481 g/mol. The maximum Gasteiger partial charge on any atom is 0.407 e. The summed E-state index contributed by atoms with van der Waals surface area (Å²) in [7, 11) is 0. The topological polar surface area (TPSA) is 105 Å². The maximum absolute atomic E-state index is 12.7. The number of aliphatic carboxylic acids is 1. The second-order valence-corrected chi connectivity index (χ2v) is 9.21. The fourth-order valence-corrected chi connectivity index (χ4v) is 5.09. The minimum absolute atomic E-state index is 0.0308. The largest absolute Gasteiger partial charge is 0.481 e. The van der Waals surface area contributed by atoms with Gasteiger partial charge in [0.1, 0.15) is 6.61 Å². The van der Waals surface area contributed by atoms with E-state index in [-0.39, 0.29) is 43.9 Å². The zero-order chi connectivity index (χ0) is 24.9. The molecule has 35 heavy (non-hydrogen) atoms. The number of hydrogen-bond acceptors (Lipinski definition) is 5. The summed E-state index contributed by atoms with van der Waals surface area (Å²) in [5.41, 5.74) is 4.60. The Balaban J connectivity index is 1.29. The van der Waals surface area contributed by atoms with Crippen LogP contribution >= 0.6 is 0 Å². The molecule has 0 bridgehead atoms. The normalized spacial score (nSPS) is 19.7. The second kappa shape index (κ2) is 10.9. The number of hydrogen-bond donors (Lipinski definition) is 2. The maximum atomic E-state index is 12.7. The van der Waals surface area contributed by atoms with Crippen LogP contribution in [0, 0.1) is 11.8 Å². The van der Waals surface area contributed by atoms with Crippen LogP contribution in [0.25, 0.3) is 11.1 Å². The molecule has 8 nitrogen and oxygen atoms in total. The number of nitrogens with one attached hydrogen (secondary N) is 1. The predicted molar refractivity (Wildman–Crippen MR) is 130 cm³/mol. The number of carboxylic acid groups (broad SMARTS) is 1. The number of fused-ring (bicyclic) bond motifs is 3. The van der Waals surface area contributed by atoms with Crippen molar-refractivity contribution in [2.24, 2.45) is 11.8 Å². The highest BCUT2D eigenvalue weighted by molar-refractivity contribution is 5.80. The highest BCUT2D eigenvalue weighted by Crippen LogP contribution is 2.44. The summed E-state index contributed by atoms with van der Waals surface area (Å²) in [6.45, 7) is 5.00. The molecule has 2 aromatic carbocycles. The van der Waals surface area contributed by atoms with Crippen LogP contribution in [0.1, 0.15) is 37.3 Å². The number of carbonyl (C=O) groups excluding carboxylic acids is 2. The number of benzene rings is 2. The first-order chi connectivity index (χ1) is 16.9. The van der Waals surface area contributed by atoms with Crippen molar-refractivity contribution in [2.45, 2.75) is 32.3 Å². The van der Waals surface area contributed by atoms with Gasteiger partial charge in [0, 0.05) is 32.2 Å². The van der Waals surface area contributed by atoms with Gasteiger partial charge in [-0.3, -0.25) is 9.59 Å². The van der Waals surface area contributed by atoms with Crippen LogP contribution in [0.4, 0.5) is 4.79 Å². The van der Waals surface area contributed by atoms with Crippen molar-refractivity contribution < 1.29 is 29.0 Å². The number of rotatable bonds is 9. The summed E-state index contributed by atoms with van der Waals surface area (Å²) < 4.78 is 11.2. The van der Waals surface area contributed by atoms with Gasteiger partial charge in [-0.1, -0.05) is 55.5 Å². The number of likely N-dealkylation sites (tertiary alicyclic amines) is 1. The van der Waals surface area contributed by atoms with Crippen LogP contribution in [-0.2, 0) is 19.1 Å². The van der Waals surface area contributed by atoms with Gasteiger partial charge < -0.3 is 24.8 Å². The molecule has 2 aliphatic rings. The lowest BCUT2D eigenvalue weighted by Crippen LogP contribution is -2.39. The van der Waals surface area contributed by atoms with Crippen LogP contribution in [-0.4, -0.2) is 66.9 Å². The summed E-state index contributed by atoms with van der Waals surface area (Å²) >= 11 is 0. The van der Waals surface area contributed by atoms with Crippen molar-refractivity contribution in [3.8, 4) is 11.1 Å². The molecule has 186 valence electrons. The van der Waals surface area contributed by atoms with Gasteiger partial charge in [-0.25, -0.2) is 4.79 Å². The summed E-state index contributed by atoms with van der Waals surface area (Å²) in [5.74, 6) is -1.74. The Bertz CT molecular complexity index is 1040. The van der Waals surface area contributed by atoms with E-state index in [2.05, 4.69) is 29.6 Å². The van der Waals surface area contributed by atoms with Gasteiger partial charge in [0.2, 0.25) is 5.91 Å². The number of carboxylic acids is 1. The monoisotopic (exact) mass is 480 g/mol. The third kappa shape index (κ3) is 5.48. The number of ether oxygens (including phenoxy) is 2. The van der Waals surface area contributed by atoms with Crippen molar-refractivity contribution in [2.75, 3.05) is 32.8 Å².